The molecule has 298 valence electrons. The second-order valence-corrected chi connectivity index (χ2v) is 16.5. The second-order valence-electron chi connectivity index (χ2n) is 16.5. The van der Waals surface area contributed by atoms with E-state index in [1.807, 2.05) is 48.5 Å². The molecule has 0 spiro atoms. The van der Waals surface area contributed by atoms with E-state index in [4.69, 9.17) is 18.8 Å². The van der Waals surface area contributed by atoms with Crippen LogP contribution in [0.4, 0.5) is 0 Å². The summed E-state index contributed by atoms with van der Waals surface area (Å²) in [6.45, 7) is 0. The van der Waals surface area contributed by atoms with E-state index in [0.717, 1.165) is 88.8 Å². The molecule has 5 heterocycles. The highest BCUT2D eigenvalue weighted by Gasteiger charge is 2.23. The number of aromatic nitrogens is 4. The quantitative estimate of drug-likeness (QED) is 0.174. The number of para-hydroxylation sites is 4. The van der Waals surface area contributed by atoms with Crippen molar-refractivity contribution in [1.82, 2.24) is 19.1 Å². The Morgan fingerprint density at radius 1 is 0.344 bits per heavy atom. The fourth-order valence-corrected chi connectivity index (χ4v) is 10.1. The molecule has 5 aromatic heterocycles. The molecule has 0 aliphatic rings. The van der Waals surface area contributed by atoms with E-state index in [1.165, 1.54) is 32.6 Å². The highest BCUT2D eigenvalue weighted by atomic mass is 16.3. The molecular formula is C58H34N4O2. The van der Waals surface area contributed by atoms with Gasteiger partial charge in [-0.1, -0.05) is 127 Å². The van der Waals surface area contributed by atoms with Crippen LogP contribution in [-0.4, -0.2) is 19.1 Å². The van der Waals surface area contributed by atoms with E-state index in [0.29, 0.717) is 11.4 Å². The molecule has 0 fully saturated rings. The van der Waals surface area contributed by atoms with Crippen LogP contribution in [-0.2, 0) is 0 Å². The normalized spacial score (nSPS) is 12.1. The Hall–Kier alpha value is -8.74. The second kappa shape index (κ2) is 13.4. The largest absolute Gasteiger partial charge is 0.456 e. The zero-order valence-electron chi connectivity index (χ0n) is 34.2. The standard InChI is InChI=1S/C58H34N4O2/c1-4-15-35(16-5-1)58-59-55(42-23-14-26-53-54(42)41-22-11-13-25-51(41)63-53)57-56(60-58)46-32-37(28-30-52(46)64-57)36-27-29-48-43(31-36)45-34-49-44(33-50(45)62(48)39-19-8-3-9-20-39)40-21-10-12-24-47(40)61(49)38-17-6-2-7-18-38/h1-34H. The van der Waals surface area contributed by atoms with Gasteiger partial charge in [-0.05, 0) is 90.0 Å². The van der Waals surface area contributed by atoms with Crippen molar-refractivity contribution >= 4 is 87.6 Å². The van der Waals surface area contributed by atoms with Gasteiger partial charge in [0, 0.05) is 60.2 Å². The predicted octanol–water partition coefficient (Wildman–Crippen LogP) is 15.5. The first-order valence-corrected chi connectivity index (χ1v) is 21.6. The number of hydrogen-bond donors (Lipinski definition) is 0. The lowest BCUT2D eigenvalue weighted by Gasteiger charge is -2.09. The Kier molecular flexibility index (Phi) is 7.30. The Labute approximate surface area is 365 Å². The van der Waals surface area contributed by atoms with E-state index in [1.54, 1.807) is 0 Å². The summed E-state index contributed by atoms with van der Waals surface area (Å²) in [5.41, 5.74) is 15.5. The highest BCUT2D eigenvalue weighted by molar-refractivity contribution is 6.20. The van der Waals surface area contributed by atoms with Gasteiger partial charge in [-0.15, -0.1) is 0 Å². The van der Waals surface area contributed by atoms with E-state index < -0.39 is 0 Å². The molecular weight excluding hydrogens is 785 g/mol. The van der Waals surface area contributed by atoms with Gasteiger partial charge >= 0.3 is 0 Å². The Morgan fingerprint density at radius 2 is 0.906 bits per heavy atom. The minimum absolute atomic E-state index is 0.635. The molecule has 0 N–H and O–H groups in total. The van der Waals surface area contributed by atoms with E-state index in [-0.39, 0.29) is 0 Å². The van der Waals surface area contributed by atoms with Gasteiger partial charge in [-0.3, -0.25) is 0 Å². The van der Waals surface area contributed by atoms with Gasteiger partial charge in [0.1, 0.15) is 28.0 Å². The number of benzene rings is 9. The first-order chi connectivity index (χ1) is 31.7. The lowest BCUT2D eigenvalue weighted by molar-refractivity contribution is 0.667. The van der Waals surface area contributed by atoms with Crippen LogP contribution in [0, 0.1) is 0 Å². The third kappa shape index (κ3) is 5.08. The van der Waals surface area contributed by atoms with Gasteiger partial charge in [-0.25, -0.2) is 9.97 Å². The van der Waals surface area contributed by atoms with Gasteiger partial charge in [0.25, 0.3) is 0 Å². The van der Waals surface area contributed by atoms with Gasteiger partial charge < -0.3 is 18.0 Å². The molecule has 9 aromatic carbocycles. The Balaban J connectivity index is 1.01. The summed E-state index contributed by atoms with van der Waals surface area (Å²) in [4.78, 5) is 10.5. The summed E-state index contributed by atoms with van der Waals surface area (Å²) >= 11 is 0. The van der Waals surface area contributed by atoms with Crippen molar-refractivity contribution < 1.29 is 8.83 Å². The molecule has 0 aliphatic carbocycles. The first-order valence-electron chi connectivity index (χ1n) is 21.6. The van der Waals surface area contributed by atoms with Crippen molar-refractivity contribution in [1.29, 1.82) is 0 Å². The number of furan rings is 2. The molecule has 64 heavy (non-hydrogen) atoms. The minimum atomic E-state index is 0.635. The number of nitrogens with zero attached hydrogens (tertiary/aromatic N) is 4. The van der Waals surface area contributed by atoms with Crippen LogP contribution >= 0.6 is 0 Å². The summed E-state index contributed by atoms with van der Waals surface area (Å²) in [5.74, 6) is 0.635. The minimum Gasteiger partial charge on any atom is -0.456 e. The first kappa shape index (κ1) is 34.9. The molecule has 0 aliphatic heterocycles. The summed E-state index contributed by atoms with van der Waals surface area (Å²) in [6, 6.07) is 72.7. The average Bonchev–Trinajstić information content (AvgIpc) is 4.11. The summed E-state index contributed by atoms with van der Waals surface area (Å²) < 4.78 is 17.9. The summed E-state index contributed by atoms with van der Waals surface area (Å²) in [6.07, 6.45) is 0. The van der Waals surface area contributed by atoms with Crippen LogP contribution in [0.2, 0.25) is 0 Å². The van der Waals surface area contributed by atoms with Crippen LogP contribution in [0.25, 0.3) is 133 Å². The SMILES string of the molecule is c1ccc(-c2nc(-c3cccc4oc5ccccc5c34)c3oc4ccc(-c5ccc6c(c5)c5cc7c(cc5n6-c5ccccc5)c5ccccc5n7-c5ccccc5)cc4c3n2)cc1. The molecule has 0 bridgehead atoms. The summed E-state index contributed by atoms with van der Waals surface area (Å²) in [5, 5.41) is 7.78. The monoisotopic (exact) mass is 818 g/mol. The van der Waals surface area contributed by atoms with Crippen molar-refractivity contribution in [3.63, 3.8) is 0 Å². The van der Waals surface area contributed by atoms with E-state index in [9.17, 15) is 0 Å². The maximum atomic E-state index is 6.79. The van der Waals surface area contributed by atoms with Gasteiger partial charge in [-0.2, -0.15) is 0 Å². The maximum absolute atomic E-state index is 6.79. The van der Waals surface area contributed by atoms with Crippen molar-refractivity contribution in [2.24, 2.45) is 0 Å². The van der Waals surface area contributed by atoms with Crippen LogP contribution in [0.1, 0.15) is 0 Å². The van der Waals surface area contributed by atoms with Crippen molar-refractivity contribution in [2.75, 3.05) is 0 Å². The molecule has 14 rings (SSSR count). The van der Waals surface area contributed by atoms with Crippen LogP contribution in [0.3, 0.4) is 0 Å². The smallest absolute Gasteiger partial charge is 0.180 e. The molecule has 14 aromatic rings. The summed E-state index contributed by atoms with van der Waals surface area (Å²) in [7, 11) is 0. The number of hydrogen-bond acceptors (Lipinski definition) is 4. The highest BCUT2D eigenvalue weighted by Crippen LogP contribution is 2.44. The van der Waals surface area contributed by atoms with Crippen LogP contribution in [0.5, 0.6) is 0 Å². The van der Waals surface area contributed by atoms with Gasteiger partial charge in [0.2, 0.25) is 0 Å². The topological polar surface area (TPSA) is 61.9 Å². The third-order valence-electron chi connectivity index (χ3n) is 12.9. The molecule has 0 saturated heterocycles. The number of fused-ring (bicyclic) bond motifs is 12. The molecule has 6 nitrogen and oxygen atoms in total. The zero-order chi connectivity index (χ0) is 41.9. The zero-order valence-corrected chi connectivity index (χ0v) is 34.2. The Bertz CT molecular complexity index is 4180. The predicted molar refractivity (Wildman–Crippen MR) is 262 cm³/mol. The average molecular weight is 819 g/mol. The van der Waals surface area contributed by atoms with Crippen molar-refractivity contribution in [3.8, 4) is 45.1 Å². The Morgan fingerprint density at radius 3 is 1.66 bits per heavy atom. The van der Waals surface area contributed by atoms with E-state index in [2.05, 4.69) is 167 Å². The fourth-order valence-electron chi connectivity index (χ4n) is 10.1. The van der Waals surface area contributed by atoms with Gasteiger partial charge in [0.15, 0.2) is 11.4 Å². The van der Waals surface area contributed by atoms with Gasteiger partial charge in [0.05, 0.1) is 22.1 Å². The fraction of sp³-hybridized carbons (Fsp3) is 0. The van der Waals surface area contributed by atoms with Crippen LogP contribution in [0.15, 0.2) is 215 Å². The maximum Gasteiger partial charge on any atom is 0.180 e. The third-order valence-corrected chi connectivity index (χ3v) is 12.9. The van der Waals surface area contributed by atoms with Crippen molar-refractivity contribution in [3.05, 3.63) is 206 Å². The number of rotatable bonds is 5. The molecule has 0 atom stereocenters. The molecule has 0 amide bonds. The molecule has 0 saturated carbocycles. The van der Waals surface area contributed by atoms with E-state index >= 15 is 0 Å². The molecule has 6 heteroatoms. The van der Waals surface area contributed by atoms with Crippen LogP contribution < -0.4 is 0 Å². The lowest BCUT2D eigenvalue weighted by Crippen LogP contribution is -1.94. The molecule has 0 unspecified atom stereocenters. The lowest BCUT2D eigenvalue weighted by atomic mass is 10.00. The molecule has 0 radical (unpaired) electrons. The van der Waals surface area contributed by atoms with Crippen molar-refractivity contribution in [2.45, 2.75) is 0 Å².